The molecular formula is C17H18N2O2S2. The Morgan fingerprint density at radius 1 is 1.22 bits per heavy atom. The molecule has 0 spiro atoms. The SMILES string of the molecule is Cc1ccc(C(=O)N2C[C@@H]3C[C@H](NC(=O)c4cccs4)[C@H]2C3)s1. The van der Waals surface area contributed by atoms with Gasteiger partial charge in [-0.3, -0.25) is 9.59 Å². The summed E-state index contributed by atoms with van der Waals surface area (Å²) in [5.74, 6) is 0.612. The molecule has 1 N–H and O–H groups in total. The van der Waals surface area contributed by atoms with E-state index in [0.717, 1.165) is 34.0 Å². The fourth-order valence-corrected chi connectivity index (χ4v) is 5.20. The first-order valence-electron chi connectivity index (χ1n) is 7.83. The van der Waals surface area contributed by atoms with Gasteiger partial charge in [-0.1, -0.05) is 6.07 Å². The van der Waals surface area contributed by atoms with Gasteiger partial charge >= 0.3 is 0 Å². The van der Waals surface area contributed by atoms with E-state index >= 15 is 0 Å². The summed E-state index contributed by atoms with van der Waals surface area (Å²) < 4.78 is 0. The summed E-state index contributed by atoms with van der Waals surface area (Å²) in [7, 11) is 0. The fourth-order valence-electron chi connectivity index (χ4n) is 3.75. The third-order valence-electron chi connectivity index (χ3n) is 4.76. The highest BCUT2D eigenvalue weighted by atomic mass is 32.1. The number of nitrogens with one attached hydrogen (secondary N) is 1. The molecule has 2 bridgehead atoms. The molecule has 3 heterocycles. The van der Waals surface area contributed by atoms with Crippen LogP contribution in [0.2, 0.25) is 0 Å². The van der Waals surface area contributed by atoms with Crippen molar-refractivity contribution in [2.75, 3.05) is 6.54 Å². The van der Waals surface area contributed by atoms with Crippen LogP contribution in [0, 0.1) is 12.8 Å². The van der Waals surface area contributed by atoms with Crippen LogP contribution in [0.5, 0.6) is 0 Å². The van der Waals surface area contributed by atoms with Crippen LogP contribution in [0.4, 0.5) is 0 Å². The second-order valence-electron chi connectivity index (χ2n) is 6.33. The molecule has 2 aromatic heterocycles. The van der Waals surface area contributed by atoms with Gasteiger partial charge in [0.2, 0.25) is 0 Å². The van der Waals surface area contributed by atoms with Gasteiger partial charge in [0, 0.05) is 17.5 Å². The number of hydrogen-bond donors (Lipinski definition) is 1. The van der Waals surface area contributed by atoms with Gasteiger partial charge in [0.25, 0.3) is 11.8 Å². The number of nitrogens with zero attached hydrogens (tertiary/aromatic N) is 1. The van der Waals surface area contributed by atoms with Crippen molar-refractivity contribution in [3.05, 3.63) is 44.3 Å². The smallest absolute Gasteiger partial charge is 0.264 e. The summed E-state index contributed by atoms with van der Waals surface area (Å²) in [6, 6.07) is 7.84. The molecule has 0 unspecified atom stereocenters. The summed E-state index contributed by atoms with van der Waals surface area (Å²) in [4.78, 5) is 29.7. The highest BCUT2D eigenvalue weighted by Crippen LogP contribution is 2.39. The topological polar surface area (TPSA) is 49.4 Å². The van der Waals surface area contributed by atoms with Crippen LogP contribution in [-0.2, 0) is 0 Å². The molecule has 0 aromatic carbocycles. The first-order chi connectivity index (χ1) is 11.1. The zero-order valence-corrected chi connectivity index (χ0v) is 14.5. The Balaban J connectivity index is 1.48. The number of thiophene rings is 2. The van der Waals surface area contributed by atoms with Crippen molar-refractivity contribution in [3.8, 4) is 0 Å². The van der Waals surface area contributed by atoms with Crippen molar-refractivity contribution >= 4 is 34.5 Å². The van der Waals surface area contributed by atoms with Gasteiger partial charge in [0.05, 0.1) is 15.8 Å². The Hall–Kier alpha value is -1.66. The molecule has 2 aromatic rings. The summed E-state index contributed by atoms with van der Waals surface area (Å²) >= 11 is 3.00. The van der Waals surface area contributed by atoms with Gasteiger partial charge in [-0.25, -0.2) is 0 Å². The summed E-state index contributed by atoms with van der Waals surface area (Å²) in [6.07, 6.45) is 1.99. The molecule has 2 aliphatic rings. The summed E-state index contributed by atoms with van der Waals surface area (Å²) in [5, 5.41) is 5.04. The van der Waals surface area contributed by atoms with Crippen LogP contribution in [0.25, 0.3) is 0 Å². The average Bonchev–Trinajstić information content (AvgIpc) is 3.30. The average molecular weight is 346 g/mol. The lowest BCUT2D eigenvalue weighted by Crippen LogP contribution is -2.51. The van der Waals surface area contributed by atoms with Crippen LogP contribution in [0.15, 0.2) is 29.6 Å². The zero-order valence-electron chi connectivity index (χ0n) is 12.8. The minimum Gasteiger partial charge on any atom is -0.347 e. The monoisotopic (exact) mass is 346 g/mol. The first kappa shape index (κ1) is 14.9. The van der Waals surface area contributed by atoms with E-state index in [9.17, 15) is 9.59 Å². The van der Waals surface area contributed by atoms with E-state index in [0.29, 0.717) is 5.92 Å². The lowest BCUT2D eigenvalue weighted by molar-refractivity contribution is 0.0653. The summed E-state index contributed by atoms with van der Waals surface area (Å²) in [6.45, 7) is 2.84. The minimum absolute atomic E-state index is 0.0167. The second kappa shape index (κ2) is 5.76. The number of piperidine rings is 1. The normalized spacial score (nSPS) is 25.8. The zero-order chi connectivity index (χ0) is 16.0. The third-order valence-corrected chi connectivity index (χ3v) is 6.61. The minimum atomic E-state index is -0.0167. The molecule has 1 aliphatic heterocycles. The number of aryl methyl sites for hydroxylation is 1. The molecule has 1 saturated heterocycles. The molecule has 2 fully saturated rings. The van der Waals surface area contributed by atoms with Gasteiger partial charge in [-0.05, 0) is 49.3 Å². The number of carbonyl (C=O) groups is 2. The van der Waals surface area contributed by atoms with Crippen LogP contribution < -0.4 is 5.32 Å². The summed E-state index contributed by atoms with van der Waals surface area (Å²) in [5.41, 5.74) is 0. The van der Waals surface area contributed by atoms with E-state index < -0.39 is 0 Å². The molecule has 3 atom stereocenters. The number of likely N-dealkylation sites (tertiary alicyclic amines) is 1. The maximum atomic E-state index is 12.7. The van der Waals surface area contributed by atoms with Crippen molar-refractivity contribution in [2.45, 2.75) is 31.8 Å². The molecule has 2 amide bonds. The van der Waals surface area contributed by atoms with Gasteiger partial charge < -0.3 is 10.2 Å². The van der Waals surface area contributed by atoms with Crippen molar-refractivity contribution in [3.63, 3.8) is 0 Å². The van der Waals surface area contributed by atoms with Crippen molar-refractivity contribution in [1.29, 1.82) is 0 Å². The number of amides is 2. The van der Waals surface area contributed by atoms with Gasteiger partial charge in [-0.15, -0.1) is 22.7 Å². The molecule has 1 aliphatic carbocycles. The van der Waals surface area contributed by atoms with E-state index in [1.807, 2.05) is 41.5 Å². The molecule has 1 saturated carbocycles. The molecule has 4 rings (SSSR count). The fraction of sp³-hybridized carbons (Fsp3) is 0.412. The van der Waals surface area contributed by atoms with E-state index in [-0.39, 0.29) is 23.9 Å². The van der Waals surface area contributed by atoms with E-state index in [1.54, 1.807) is 11.3 Å². The number of rotatable bonds is 3. The Morgan fingerprint density at radius 3 is 2.74 bits per heavy atom. The standard InChI is InChI=1S/C17H18N2O2S2/c1-10-4-5-15(23-10)17(21)19-9-11-7-12(13(19)8-11)18-16(20)14-3-2-6-22-14/h2-6,11-13H,7-9H2,1H3,(H,18,20)/t11-,12+,13-/m1/s1. The number of hydrogen-bond acceptors (Lipinski definition) is 4. The maximum Gasteiger partial charge on any atom is 0.264 e. The maximum absolute atomic E-state index is 12.7. The molecular weight excluding hydrogens is 328 g/mol. The van der Waals surface area contributed by atoms with Crippen LogP contribution in [0.3, 0.4) is 0 Å². The first-order valence-corrected chi connectivity index (χ1v) is 9.53. The lowest BCUT2D eigenvalue weighted by atomic mass is 10.1. The highest BCUT2D eigenvalue weighted by Gasteiger charge is 2.47. The van der Waals surface area contributed by atoms with Crippen LogP contribution >= 0.6 is 22.7 Å². The van der Waals surface area contributed by atoms with E-state index in [4.69, 9.17) is 0 Å². The van der Waals surface area contributed by atoms with Crippen LogP contribution in [-0.4, -0.2) is 35.3 Å². The van der Waals surface area contributed by atoms with Crippen molar-refractivity contribution < 1.29 is 9.59 Å². The Morgan fingerprint density at radius 2 is 2.09 bits per heavy atom. The Kier molecular flexibility index (Phi) is 3.73. The predicted octanol–water partition coefficient (Wildman–Crippen LogP) is 3.15. The second-order valence-corrected chi connectivity index (χ2v) is 8.57. The number of fused-ring (bicyclic) bond motifs is 2. The van der Waals surface area contributed by atoms with E-state index in [2.05, 4.69) is 5.32 Å². The lowest BCUT2D eigenvalue weighted by Gasteiger charge is -2.33. The molecule has 6 heteroatoms. The number of carbonyl (C=O) groups excluding carboxylic acids is 2. The van der Waals surface area contributed by atoms with E-state index in [1.165, 1.54) is 11.3 Å². The molecule has 23 heavy (non-hydrogen) atoms. The molecule has 0 radical (unpaired) electrons. The Labute approximate surface area is 143 Å². The molecule has 4 nitrogen and oxygen atoms in total. The van der Waals surface area contributed by atoms with Crippen LogP contribution in [0.1, 0.15) is 37.1 Å². The molecule has 120 valence electrons. The highest BCUT2D eigenvalue weighted by molar-refractivity contribution is 7.14. The third kappa shape index (κ3) is 2.70. The van der Waals surface area contributed by atoms with Gasteiger partial charge in [0.15, 0.2) is 0 Å². The van der Waals surface area contributed by atoms with Gasteiger partial charge in [0.1, 0.15) is 0 Å². The Bertz CT molecular complexity index is 738. The quantitative estimate of drug-likeness (QED) is 0.928. The van der Waals surface area contributed by atoms with Gasteiger partial charge in [-0.2, -0.15) is 0 Å². The van der Waals surface area contributed by atoms with Crippen molar-refractivity contribution in [1.82, 2.24) is 10.2 Å². The van der Waals surface area contributed by atoms with Crippen molar-refractivity contribution in [2.24, 2.45) is 5.92 Å². The largest absolute Gasteiger partial charge is 0.347 e. The predicted molar refractivity (Wildman–Crippen MR) is 92.2 cm³/mol.